The molecular formula is C9H18N2O4S. The van der Waals surface area contributed by atoms with Crippen LogP contribution in [-0.4, -0.2) is 49.7 Å². The first-order valence-electron chi connectivity index (χ1n) is 4.77. The second-order valence-electron chi connectivity index (χ2n) is 3.12. The number of thioether (sulfide) groups is 1. The molecule has 4 N–H and O–H groups in total. The van der Waals surface area contributed by atoms with E-state index in [1.807, 2.05) is 0 Å². The van der Waals surface area contributed by atoms with Crippen LogP contribution in [0.25, 0.3) is 0 Å². The fraction of sp³-hybridized carbons (Fsp3) is 0.778. The first kappa shape index (κ1) is 15.2. The number of nitrogens with two attached hydrogens (primary N) is 2. The Kier molecular flexibility index (Phi) is 7.96. The van der Waals surface area contributed by atoms with Crippen LogP contribution in [0, 0.1) is 0 Å². The summed E-state index contributed by atoms with van der Waals surface area (Å²) in [5.74, 6) is 0.212. The number of esters is 2. The highest BCUT2D eigenvalue weighted by molar-refractivity contribution is 7.99. The average Bonchev–Trinajstić information content (AvgIpc) is 2.31. The van der Waals surface area contributed by atoms with Crippen molar-refractivity contribution in [3.63, 3.8) is 0 Å². The van der Waals surface area contributed by atoms with E-state index in [-0.39, 0.29) is 0 Å². The van der Waals surface area contributed by atoms with Crippen molar-refractivity contribution >= 4 is 23.7 Å². The van der Waals surface area contributed by atoms with Crippen LogP contribution in [-0.2, 0) is 19.1 Å². The Morgan fingerprint density at radius 3 is 2.12 bits per heavy atom. The highest BCUT2D eigenvalue weighted by atomic mass is 32.2. The summed E-state index contributed by atoms with van der Waals surface area (Å²) in [6, 6.07) is -1.25. The molecule has 0 rings (SSSR count). The lowest BCUT2D eigenvalue weighted by molar-refractivity contribution is -0.142. The molecule has 0 aromatic rings. The number of ether oxygens (including phenoxy) is 2. The standard InChI is InChI=1S/C9H18N2O4S/c1-14-8(12)6(10)3-4-16-5-7(11)9(13)15-2/h6-7H,3-5,10-11H2,1-2H3/t6-,7+/m0/s1. The lowest BCUT2D eigenvalue weighted by Crippen LogP contribution is -2.35. The molecule has 0 aliphatic rings. The molecule has 2 atom stereocenters. The van der Waals surface area contributed by atoms with Crippen LogP contribution < -0.4 is 11.5 Å². The molecule has 0 saturated heterocycles. The van der Waals surface area contributed by atoms with E-state index in [2.05, 4.69) is 9.47 Å². The predicted molar refractivity (Wildman–Crippen MR) is 61.9 cm³/mol. The Morgan fingerprint density at radius 2 is 1.62 bits per heavy atom. The molecule has 0 aliphatic carbocycles. The van der Waals surface area contributed by atoms with Gasteiger partial charge in [-0.3, -0.25) is 9.59 Å². The third-order valence-corrected chi connectivity index (χ3v) is 3.00. The van der Waals surface area contributed by atoms with E-state index < -0.39 is 24.0 Å². The summed E-state index contributed by atoms with van der Waals surface area (Å²) >= 11 is 1.45. The average molecular weight is 250 g/mol. The summed E-state index contributed by atoms with van der Waals surface area (Å²) in [6.45, 7) is 0. The lowest BCUT2D eigenvalue weighted by atomic mass is 10.2. The fourth-order valence-corrected chi connectivity index (χ4v) is 1.89. The van der Waals surface area contributed by atoms with Gasteiger partial charge in [-0.25, -0.2) is 0 Å². The molecule has 0 saturated carbocycles. The van der Waals surface area contributed by atoms with Gasteiger partial charge < -0.3 is 20.9 Å². The molecule has 94 valence electrons. The molecule has 6 nitrogen and oxygen atoms in total. The van der Waals surface area contributed by atoms with Crippen molar-refractivity contribution in [3.8, 4) is 0 Å². The Bertz CT molecular complexity index is 214. The van der Waals surface area contributed by atoms with Crippen LogP contribution in [0.3, 0.4) is 0 Å². The van der Waals surface area contributed by atoms with Crippen LogP contribution in [0.4, 0.5) is 0 Å². The number of carbonyl (C=O) groups excluding carboxylic acids is 2. The summed E-state index contributed by atoms with van der Waals surface area (Å²) < 4.78 is 8.94. The van der Waals surface area contributed by atoms with Crippen LogP contribution in [0.2, 0.25) is 0 Å². The third kappa shape index (κ3) is 5.94. The van der Waals surface area contributed by atoms with E-state index in [0.717, 1.165) is 0 Å². The number of hydrogen-bond acceptors (Lipinski definition) is 7. The van der Waals surface area contributed by atoms with E-state index in [9.17, 15) is 9.59 Å². The molecule has 0 unspecified atom stereocenters. The molecular weight excluding hydrogens is 232 g/mol. The van der Waals surface area contributed by atoms with E-state index in [4.69, 9.17) is 11.5 Å². The van der Waals surface area contributed by atoms with Crippen LogP contribution >= 0.6 is 11.8 Å². The van der Waals surface area contributed by atoms with Crippen LogP contribution in [0.5, 0.6) is 0 Å². The zero-order valence-electron chi connectivity index (χ0n) is 9.47. The Hall–Kier alpha value is -0.790. The summed E-state index contributed by atoms with van der Waals surface area (Å²) in [7, 11) is 2.59. The van der Waals surface area contributed by atoms with Gasteiger partial charge >= 0.3 is 11.9 Å². The summed E-state index contributed by atoms with van der Waals surface area (Å²) in [4.78, 5) is 21.9. The van der Waals surface area contributed by atoms with Gasteiger partial charge in [-0.15, -0.1) is 0 Å². The first-order valence-corrected chi connectivity index (χ1v) is 5.93. The molecule has 0 amide bonds. The highest BCUT2D eigenvalue weighted by Gasteiger charge is 2.15. The Morgan fingerprint density at radius 1 is 1.12 bits per heavy atom. The number of hydrogen-bond donors (Lipinski definition) is 2. The molecule has 7 heteroatoms. The van der Waals surface area contributed by atoms with Crippen molar-refractivity contribution in [1.29, 1.82) is 0 Å². The fourth-order valence-electron chi connectivity index (χ4n) is 0.909. The number of methoxy groups -OCH3 is 2. The van der Waals surface area contributed by atoms with Crippen molar-refractivity contribution in [1.82, 2.24) is 0 Å². The van der Waals surface area contributed by atoms with Gasteiger partial charge in [0.05, 0.1) is 14.2 Å². The molecule has 0 radical (unpaired) electrons. The SMILES string of the molecule is COC(=O)[C@H](N)CSCC[C@H](N)C(=O)OC. The van der Waals surface area contributed by atoms with Crippen LogP contribution in [0.1, 0.15) is 6.42 Å². The second kappa shape index (κ2) is 8.37. The second-order valence-corrected chi connectivity index (χ2v) is 4.27. The minimum absolute atomic E-state index is 0.433. The quantitative estimate of drug-likeness (QED) is 0.446. The van der Waals surface area contributed by atoms with Gasteiger partial charge in [0.25, 0.3) is 0 Å². The van der Waals surface area contributed by atoms with E-state index in [0.29, 0.717) is 17.9 Å². The van der Waals surface area contributed by atoms with Crippen molar-refractivity contribution in [2.75, 3.05) is 25.7 Å². The lowest BCUT2D eigenvalue weighted by Gasteiger charge is -2.10. The van der Waals surface area contributed by atoms with E-state index >= 15 is 0 Å². The molecule has 0 aromatic carbocycles. The number of rotatable bonds is 7. The molecule has 0 aromatic heterocycles. The minimum Gasteiger partial charge on any atom is -0.468 e. The van der Waals surface area contributed by atoms with Crippen molar-refractivity contribution in [2.45, 2.75) is 18.5 Å². The summed E-state index contributed by atoms with van der Waals surface area (Å²) in [5.41, 5.74) is 11.0. The molecule has 0 spiro atoms. The maximum absolute atomic E-state index is 10.9. The molecule has 16 heavy (non-hydrogen) atoms. The summed E-state index contributed by atoms with van der Waals surface area (Å²) in [6.07, 6.45) is 0.491. The van der Waals surface area contributed by atoms with E-state index in [1.54, 1.807) is 0 Å². The summed E-state index contributed by atoms with van der Waals surface area (Å²) in [5, 5.41) is 0. The predicted octanol–water partition coefficient (Wildman–Crippen LogP) is -0.890. The monoisotopic (exact) mass is 250 g/mol. The zero-order valence-corrected chi connectivity index (χ0v) is 10.3. The van der Waals surface area contributed by atoms with Gasteiger partial charge in [0.1, 0.15) is 12.1 Å². The van der Waals surface area contributed by atoms with Gasteiger partial charge in [-0.05, 0) is 12.2 Å². The molecule has 0 heterocycles. The molecule has 0 fully saturated rings. The van der Waals surface area contributed by atoms with Crippen LogP contribution in [0.15, 0.2) is 0 Å². The Labute approximate surface area is 99.0 Å². The normalized spacial score (nSPS) is 14.0. The van der Waals surface area contributed by atoms with Crippen molar-refractivity contribution in [2.24, 2.45) is 11.5 Å². The Balaban J connectivity index is 3.60. The molecule has 0 bridgehead atoms. The van der Waals surface area contributed by atoms with Gasteiger partial charge in [0.15, 0.2) is 0 Å². The topological polar surface area (TPSA) is 105 Å². The zero-order chi connectivity index (χ0) is 12.6. The number of carbonyl (C=O) groups is 2. The largest absolute Gasteiger partial charge is 0.468 e. The van der Waals surface area contributed by atoms with Crippen molar-refractivity contribution in [3.05, 3.63) is 0 Å². The van der Waals surface area contributed by atoms with Crippen molar-refractivity contribution < 1.29 is 19.1 Å². The van der Waals surface area contributed by atoms with Gasteiger partial charge in [-0.2, -0.15) is 11.8 Å². The van der Waals surface area contributed by atoms with Gasteiger partial charge in [-0.1, -0.05) is 0 Å². The first-order chi connectivity index (χ1) is 7.52. The van der Waals surface area contributed by atoms with E-state index in [1.165, 1.54) is 26.0 Å². The third-order valence-electron chi connectivity index (χ3n) is 1.88. The maximum atomic E-state index is 10.9. The highest BCUT2D eigenvalue weighted by Crippen LogP contribution is 2.06. The van der Waals surface area contributed by atoms with Gasteiger partial charge in [0.2, 0.25) is 0 Å². The maximum Gasteiger partial charge on any atom is 0.323 e. The smallest absolute Gasteiger partial charge is 0.323 e. The molecule has 0 aliphatic heterocycles. The van der Waals surface area contributed by atoms with Gasteiger partial charge in [0, 0.05) is 5.75 Å². The minimum atomic E-state index is -0.635.